The molecule has 1 aliphatic heterocycles. The molecule has 2 rings (SSSR count). The third-order valence-corrected chi connectivity index (χ3v) is 4.36. The smallest absolute Gasteiger partial charge is 0.236 e. The molecule has 0 spiro atoms. The summed E-state index contributed by atoms with van der Waals surface area (Å²) in [4.78, 5) is 16.8. The van der Waals surface area contributed by atoms with Gasteiger partial charge in [0.05, 0.1) is 23.9 Å². The highest BCUT2D eigenvalue weighted by Gasteiger charge is 2.24. The van der Waals surface area contributed by atoms with Crippen LogP contribution in [0.4, 0.5) is 0 Å². The lowest BCUT2D eigenvalue weighted by Gasteiger charge is -2.27. The van der Waals surface area contributed by atoms with Crippen molar-refractivity contribution in [2.45, 2.75) is 58.7 Å². The van der Waals surface area contributed by atoms with Gasteiger partial charge in [-0.15, -0.1) is 0 Å². The van der Waals surface area contributed by atoms with E-state index in [1.807, 2.05) is 19.2 Å². The molecule has 1 amide bonds. The predicted octanol–water partition coefficient (Wildman–Crippen LogP) is 2.36. The van der Waals surface area contributed by atoms with Crippen molar-refractivity contribution in [2.24, 2.45) is 5.92 Å². The lowest BCUT2D eigenvalue weighted by molar-refractivity contribution is -0.123. The van der Waals surface area contributed by atoms with Crippen LogP contribution in [0.2, 0.25) is 0 Å². The van der Waals surface area contributed by atoms with Gasteiger partial charge in [-0.1, -0.05) is 19.9 Å². The Morgan fingerprint density at radius 3 is 2.83 bits per heavy atom. The standard InChI is InChI=1S/C18H29N3O2/c1-12(2)16(17-13(3)7-5-9-19-17)21-14(4)18(22)20-11-15-8-6-10-23-15/h5,7,9,12,14-16,21H,6,8,10-11H2,1-4H3,(H,20,22)/t14-,15+,16+/m1/s1. The van der Waals surface area contributed by atoms with Gasteiger partial charge in [-0.3, -0.25) is 15.1 Å². The Bertz CT molecular complexity index is 513. The summed E-state index contributed by atoms with van der Waals surface area (Å²) in [6, 6.07) is 3.78. The molecule has 0 aliphatic carbocycles. The van der Waals surface area contributed by atoms with Crippen LogP contribution in [0.15, 0.2) is 18.3 Å². The first kappa shape index (κ1) is 17.9. The van der Waals surface area contributed by atoms with Gasteiger partial charge in [-0.05, 0) is 44.2 Å². The second-order valence-corrected chi connectivity index (χ2v) is 6.70. The van der Waals surface area contributed by atoms with Crippen LogP contribution in [0.25, 0.3) is 0 Å². The first-order valence-corrected chi connectivity index (χ1v) is 8.56. The number of ether oxygens (including phenoxy) is 1. The molecule has 1 saturated heterocycles. The van der Waals surface area contributed by atoms with Crippen molar-refractivity contribution in [3.63, 3.8) is 0 Å². The molecule has 2 heterocycles. The zero-order valence-corrected chi connectivity index (χ0v) is 14.6. The molecule has 1 aliphatic rings. The number of hydrogen-bond acceptors (Lipinski definition) is 4. The molecule has 1 aromatic rings. The summed E-state index contributed by atoms with van der Waals surface area (Å²) < 4.78 is 5.54. The lowest BCUT2D eigenvalue weighted by atomic mass is 9.96. The Morgan fingerprint density at radius 2 is 2.22 bits per heavy atom. The maximum absolute atomic E-state index is 12.3. The van der Waals surface area contributed by atoms with Crippen LogP contribution >= 0.6 is 0 Å². The minimum absolute atomic E-state index is 0.0136. The van der Waals surface area contributed by atoms with Gasteiger partial charge >= 0.3 is 0 Å². The zero-order chi connectivity index (χ0) is 16.8. The van der Waals surface area contributed by atoms with Gasteiger partial charge in [0.1, 0.15) is 0 Å². The largest absolute Gasteiger partial charge is 0.376 e. The van der Waals surface area contributed by atoms with Gasteiger partial charge in [0.15, 0.2) is 0 Å². The van der Waals surface area contributed by atoms with E-state index >= 15 is 0 Å². The number of pyridine rings is 1. The number of aromatic nitrogens is 1. The van der Waals surface area contributed by atoms with Crippen LogP contribution in [-0.4, -0.2) is 36.2 Å². The van der Waals surface area contributed by atoms with Crippen molar-refractivity contribution in [1.82, 2.24) is 15.6 Å². The van der Waals surface area contributed by atoms with Crippen LogP contribution in [0.3, 0.4) is 0 Å². The third-order valence-electron chi connectivity index (χ3n) is 4.36. The summed E-state index contributed by atoms with van der Waals surface area (Å²) in [7, 11) is 0. The molecule has 3 atom stereocenters. The number of aryl methyl sites for hydroxylation is 1. The van der Waals surface area contributed by atoms with Crippen molar-refractivity contribution >= 4 is 5.91 Å². The topological polar surface area (TPSA) is 63.2 Å². The van der Waals surface area contributed by atoms with Crippen molar-refractivity contribution < 1.29 is 9.53 Å². The molecule has 23 heavy (non-hydrogen) atoms. The molecule has 0 aromatic carbocycles. The molecular formula is C18H29N3O2. The Labute approximate surface area is 139 Å². The van der Waals surface area contributed by atoms with E-state index in [-0.39, 0.29) is 24.1 Å². The Balaban J connectivity index is 1.93. The predicted molar refractivity (Wildman–Crippen MR) is 91.1 cm³/mol. The second kappa shape index (κ2) is 8.41. The first-order chi connectivity index (χ1) is 11.0. The summed E-state index contributed by atoms with van der Waals surface area (Å²) in [6.45, 7) is 9.65. The Morgan fingerprint density at radius 1 is 1.43 bits per heavy atom. The molecule has 0 radical (unpaired) electrons. The van der Waals surface area contributed by atoms with E-state index in [1.165, 1.54) is 0 Å². The number of rotatable bonds is 7. The second-order valence-electron chi connectivity index (χ2n) is 6.70. The van der Waals surface area contributed by atoms with Gasteiger partial charge in [-0.2, -0.15) is 0 Å². The van der Waals surface area contributed by atoms with Crippen molar-refractivity contribution in [3.8, 4) is 0 Å². The molecule has 2 N–H and O–H groups in total. The molecular weight excluding hydrogens is 290 g/mol. The van der Waals surface area contributed by atoms with Crippen molar-refractivity contribution in [3.05, 3.63) is 29.6 Å². The average molecular weight is 319 g/mol. The highest BCUT2D eigenvalue weighted by Crippen LogP contribution is 2.23. The molecule has 0 unspecified atom stereocenters. The first-order valence-electron chi connectivity index (χ1n) is 8.56. The SMILES string of the molecule is Cc1cccnc1[C@@H](N[C@H](C)C(=O)NC[C@@H]1CCCO1)C(C)C. The Hall–Kier alpha value is -1.46. The molecule has 1 fully saturated rings. The number of nitrogens with one attached hydrogen (secondary N) is 2. The summed E-state index contributed by atoms with van der Waals surface area (Å²) in [5, 5.41) is 6.42. The highest BCUT2D eigenvalue weighted by atomic mass is 16.5. The number of carbonyl (C=O) groups excluding carboxylic acids is 1. The van der Waals surface area contributed by atoms with E-state index in [4.69, 9.17) is 4.74 Å². The summed E-state index contributed by atoms with van der Waals surface area (Å²) in [5.41, 5.74) is 2.16. The molecule has 1 aromatic heterocycles. The van der Waals surface area contributed by atoms with E-state index in [0.29, 0.717) is 12.5 Å². The van der Waals surface area contributed by atoms with Crippen LogP contribution in [0, 0.1) is 12.8 Å². The van der Waals surface area contributed by atoms with Crippen LogP contribution in [0.5, 0.6) is 0 Å². The molecule has 0 saturated carbocycles. The minimum Gasteiger partial charge on any atom is -0.376 e. The number of hydrogen-bond donors (Lipinski definition) is 2. The maximum atomic E-state index is 12.3. The van der Waals surface area contributed by atoms with Crippen molar-refractivity contribution in [1.29, 1.82) is 0 Å². The van der Waals surface area contributed by atoms with Gasteiger partial charge in [0.25, 0.3) is 0 Å². The van der Waals surface area contributed by atoms with E-state index in [0.717, 1.165) is 30.7 Å². The average Bonchev–Trinajstić information content (AvgIpc) is 3.04. The number of nitrogens with zero attached hydrogens (tertiary/aromatic N) is 1. The minimum atomic E-state index is -0.273. The summed E-state index contributed by atoms with van der Waals surface area (Å²) in [6.07, 6.45) is 4.10. The van der Waals surface area contributed by atoms with E-state index < -0.39 is 0 Å². The quantitative estimate of drug-likeness (QED) is 0.810. The van der Waals surface area contributed by atoms with Crippen LogP contribution < -0.4 is 10.6 Å². The van der Waals surface area contributed by atoms with Crippen LogP contribution in [0.1, 0.15) is 50.9 Å². The summed E-state index contributed by atoms with van der Waals surface area (Å²) >= 11 is 0. The monoisotopic (exact) mass is 319 g/mol. The van der Waals surface area contributed by atoms with E-state index in [9.17, 15) is 4.79 Å². The van der Waals surface area contributed by atoms with E-state index in [2.05, 4.69) is 42.5 Å². The lowest BCUT2D eigenvalue weighted by Crippen LogP contribution is -2.46. The van der Waals surface area contributed by atoms with Crippen molar-refractivity contribution in [2.75, 3.05) is 13.2 Å². The molecule has 0 bridgehead atoms. The van der Waals surface area contributed by atoms with Gasteiger partial charge < -0.3 is 10.1 Å². The number of carbonyl (C=O) groups is 1. The fraction of sp³-hybridized carbons (Fsp3) is 0.667. The summed E-state index contributed by atoms with van der Waals surface area (Å²) in [5.74, 6) is 0.358. The number of amides is 1. The highest BCUT2D eigenvalue weighted by molar-refractivity contribution is 5.81. The fourth-order valence-electron chi connectivity index (χ4n) is 2.93. The molecule has 5 heteroatoms. The third kappa shape index (κ3) is 5.01. The van der Waals surface area contributed by atoms with Gasteiger partial charge in [-0.25, -0.2) is 0 Å². The zero-order valence-electron chi connectivity index (χ0n) is 14.6. The fourth-order valence-corrected chi connectivity index (χ4v) is 2.93. The van der Waals surface area contributed by atoms with Crippen LogP contribution in [-0.2, 0) is 9.53 Å². The Kier molecular flexibility index (Phi) is 6.54. The van der Waals surface area contributed by atoms with Gasteiger partial charge in [0.2, 0.25) is 5.91 Å². The molecule has 128 valence electrons. The normalized spacial score (nSPS) is 20.5. The van der Waals surface area contributed by atoms with Gasteiger partial charge in [0, 0.05) is 19.3 Å². The molecule has 5 nitrogen and oxygen atoms in total. The maximum Gasteiger partial charge on any atom is 0.236 e. The van der Waals surface area contributed by atoms with E-state index in [1.54, 1.807) is 0 Å².